The second kappa shape index (κ2) is 5.27. The molecule has 0 aliphatic carbocycles. The number of hydrogen-bond donors (Lipinski definition) is 1. The fraction of sp³-hybridized carbons (Fsp3) is 0.111. The van der Waals surface area contributed by atoms with E-state index in [0.29, 0.717) is 29.8 Å². The van der Waals surface area contributed by atoms with Gasteiger partial charge in [0.15, 0.2) is 11.5 Å². The van der Waals surface area contributed by atoms with Crippen molar-refractivity contribution in [3.63, 3.8) is 0 Å². The highest BCUT2D eigenvalue weighted by atomic mass is 16.6. The molecule has 5 heteroatoms. The summed E-state index contributed by atoms with van der Waals surface area (Å²) in [6.45, 7) is 0.367. The Morgan fingerprint density at radius 1 is 0.913 bits per heavy atom. The number of fused-ring (bicyclic) bond motifs is 2. The molecule has 5 nitrogen and oxygen atoms in total. The number of aliphatic hydroxyl groups excluding tert-OH is 1. The van der Waals surface area contributed by atoms with Gasteiger partial charge in [0.05, 0.1) is 12.3 Å². The third-order valence-corrected chi connectivity index (χ3v) is 3.76. The van der Waals surface area contributed by atoms with Gasteiger partial charge in [0, 0.05) is 12.6 Å². The lowest BCUT2D eigenvalue weighted by molar-refractivity contribution is 0.296. The third-order valence-electron chi connectivity index (χ3n) is 3.76. The van der Waals surface area contributed by atoms with E-state index in [1.807, 2.05) is 53.4 Å². The van der Waals surface area contributed by atoms with Crippen LogP contribution >= 0.6 is 0 Å². The summed E-state index contributed by atoms with van der Waals surface area (Å²) >= 11 is 0. The molecule has 0 aromatic heterocycles. The van der Waals surface area contributed by atoms with Crippen LogP contribution in [-0.4, -0.2) is 18.3 Å². The van der Waals surface area contributed by atoms with Crippen molar-refractivity contribution in [2.24, 2.45) is 0 Å². The summed E-state index contributed by atoms with van der Waals surface area (Å²) in [6, 6.07) is 17.8. The fourth-order valence-corrected chi connectivity index (χ4v) is 2.77. The van der Waals surface area contributed by atoms with Crippen LogP contribution in [-0.2, 0) is 0 Å². The summed E-state index contributed by atoms with van der Waals surface area (Å²) in [7, 11) is 0. The van der Waals surface area contributed by atoms with Gasteiger partial charge in [0.25, 0.3) is 11.8 Å². The second-order valence-corrected chi connectivity index (χ2v) is 5.09. The first kappa shape index (κ1) is 13.6. The van der Waals surface area contributed by atoms with Crippen LogP contribution in [0.5, 0.6) is 11.5 Å². The zero-order valence-corrected chi connectivity index (χ0v) is 12.3. The first-order valence-electron chi connectivity index (χ1n) is 7.26. The van der Waals surface area contributed by atoms with E-state index in [0.717, 1.165) is 11.4 Å². The van der Waals surface area contributed by atoms with Gasteiger partial charge in [0.2, 0.25) is 0 Å². The van der Waals surface area contributed by atoms with Crippen molar-refractivity contribution >= 4 is 11.4 Å². The Balaban J connectivity index is 1.84. The van der Waals surface area contributed by atoms with E-state index < -0.39 is 0 Å². The number of para-hydroxylation sites is 4. The van der Waals surface area contributed by atoms with Crippen LogP contribution < -0.4 is 19.3 Å². The van der Waals surface area contributed by atoms with Gasteiger partial charge in [-0.05, 0) is 24.3 Å². The van der Waals surface area contributed by atoms with Crippen LogP contribution in [0.1, 0.15) is 0 Å². The SMILES string of the molecule is C#CN1C(=C2Oc3ccccc3N2CCO)Oc2ccccc21. The molecule has 0 saturated carbocycles. The lowest BCUT2D eigenvalue weighted by atomic mass is 10.3. The Hall–Kier alpha value is -3.10. The molecule has 2 heterocycles. The van der Waals surface area contributed by atoms with Gasteiger partial charge in [-0.3, -0.25) is 0 Å². The first-order chi connectivity index (χ1) is 11.3. The molecule has 0 fully saturated rings. The number of ether oxygens (including phenoxy) is 2. The monoisotopic (exact) mass is 306 g/mol. The van der Waals surface area contributed by atoms with Crippen molar-refractivity contribution < 1.29 is 14.6 Å². The smallest absolute Gasteiger partial charge is 0.275 e. The van der Waals surface area contributed by atoms with Crippen molar-refractivity contribution in [2.75, 3.05) is 23.0 Å². The Morgan fingerprint density at radius 3 is 2.22 bits per heavy atom. The molecule has 0 unspecified atom stereocenters. The van der Waals surface area contributed by atoms with Crippen molar-refractivity contribution in [1.82, 2.24) is 0 Å². The predicted molar refractivity (Wildman–Crippen MR) is 86.9 cm³/mol. The summed E-state index contributed by atoms with van der Waals surface area (Å²) in [6.07, 6.45) is 5.67. The molecule has 0 radical (unpaired) electrons. The number of benzene rings is 2. The molecular formula is C18H14N2O3. The molecule has 2 aliphatic heterocycles. The molecule has 23 heavy (non-hydrogen) atoms. The van der Waals surface area contributed by atoms with E-state index in [-0.39, 0.29) is 6.61 Å². The largest absolute Gasteiger partial charge is 0.434 e. The molecule has 2 aromatic rings. The average Bonchev–Trinajstić information content (AvgIpc) is 3.13. The van der Waals surface area contributed by atoms with Crippen molar-refractivity contribution in [1.29, 1.82) is 0 Å². The number of hydrogen-bond acceptors (Lipinski definition) is 5. The maximum atomic E-state index is 9.39. The summed E-state index contributed by atoms with van der Waals surface area (Å²) in [5.41, 5.74) is 1.67. The molecule has 0 spiro atoms. The number of terminal acetylenes is 1. The predicted octanol–water partition coefficient (Wildman–Crippen LogP) is 2.49. The average molecular weight is 306 g/mol. The Labute approximate surface area is 134 Å². The molecule has 2 aliphatic rings. The molecular weight excluding hydrogens is 292 g/mol. The van der Waals surface area contributed by atoms with Crippen molar-refractivity contribution in [2.45, 2.75) is 0 Å². The third kappa shape index (κ3) is 2.00. The summed E-state index contributed by atoms with van der Waals surface area (Å²) < 4.78 is 11.9. The lowest BCUT2D eigenvalue weighted by Gasteiger charge is -2.20. The van der Waals surface area contributed by atoms with E-state index in [4.69, 9.17) is 15.9 Å². The molecule has 0 amide bonds. The number of aliphatic hydroxyl groups is 1. The van der Waals surface area contributed by atoms with Crippen molar-refractivity contribution in [3.05, 3.63) is 60.3 Å². The van der Waals surface area contributed by atoms with Crippen LogP contribution in [0.4, 0.5) is 11.4 Å². The number of anilines is 2. The minimum atomic E-state index is -0.0164. The van der Waals surface area contributed by atoms with E-state index in [1.165, 1.54) is 0 Å². The normalized spacial score (nSPS) is 18.1. The van der Waals surface area contributed by atoms with Gasteiger partial charge < -0.3 is 19.5 Å². The molecule has 114 valence electrons. The topological polar surface area (TPSA) is 45.2 Å². The van der Waals surface area contributed by atoms with Crippen LogP contribution in [0.2, 0.25) is 0 Å². The first-order valence-corrected chi connectivity index (χ1v) is 7.26. The van der Waals surface area contributed by atoms with E-state index >= 15 is 0 Å². The maximum Gasteiger partial charge on any atom is 0.275 e. The Kier molecular flexibility index (Phi) is 3.11. The zero-order chi connectivity index (χ0) is 15.8. The Morgan fingerprint density at radius 2 is 1.52 bits per heavy atom. The summed E-state index contributed by atoms with van der Waals surface area (Å²) in [4.78, 5) is 3.47. The van der Waals surface area contributed by atoms with Crippen LogP contribution in [0.3, 0.4) is 0 Å². The molecule has 0 bridgehead atoms. The minimum Gasteiger partial charge on any atom is -0.434 e. The molecule has 0 atom stereocenters. The Bertz CT molecular complexity index is 838. The zero-order valence-electron chi connectivity index (χ0n) is 12.3. The van der Waals surface area contributed by atoms with Gasteiger partial charge in [-0.2, -0.15) is 0 Å². The van der Waals surface area contributed by atoms with Crippen LogP contribution in [0.15, 0.2) is 60.3 Å². The number of β-amino-alcohol motifs (C(OH)–C–C–N with tert-alkyl or cyclic N) is 1. The standard InChI is InChI=1S/C18H14N2O3/c1-2-19-13-7-3-5-9-15(13)22-17(19)18-20(11-12-21)14-8-4-6-10-16(14)23-18/h1,3-10,21H,11-12H2. The highest BCUT2D eigenvalue weighted by Crippen LogP contribution is 2.44. The van der Waals surface area contributed by atoms with E-state index in [1.54, 1.807) is 4.90 Å². The molecule has 0 saturated heterocycles. The van der Waals surface area contributed by atoms with Gasteiger partial charge in [0.1, 0.15) is 5.69 Å². The molecule has 2 aromatic carbocycles. The minimum absolute atomic E-state index is 0.0164. The number of rotatable bonds is 2. The van der Waals surface area contributed by atoms with Gasteiger partial charge in [-0.25, -0.2) is 4.90 Å². The fourth-order valence-electron chi connectivity index (χ4n) is 2.77. The van der Waals surface area contributed by atoms with Gasteiger partial charge in [-0.15, -0.1) is 0 Å². The van der Waals surface area contributed by atoms with Crippen molar-refractivity contribution in [3.8, 4) is 24.0 Å². The van der Waals surface area contributed by atoms with Crippen LogP contribution in [0, 0.1) is 12.5 Å². The highest BCUT2D eigenvalue weighted by Gasteiger charge is 2.36. The lowest BCUT2D eigenvalue weighted by Crippen LogP contribution is -2.29. The second-order valence-electron chi connectivity index (χ2n) is 5.09. The van der Waals surface area contributed by atoms with E-state index in [9.17, 15) is 5.11 Å². The van der Waals surface area contributed by atoms with Gasteiger partial charge in [-0.1, -0.05) is 30.7 Å². The molecule has 4 rings (SSSR count). The summed E-state index contributed by atoms with van der Waals surface area (Å²) in [5, 5.41) is 9.39. The quantitative estimate of drug-likeness (QED) is 0.864. The van der Waals surface area contributed by atoms with Gasteiger partial charge >= 0.3 is 0 Å². The maximum absolute atomic E-state index is 9.39. The summed E-state index contributed by atoms with van der Waals surface area (Å²) in [5.74, 6) is 2.30. The molecule has 1 N–H and O–H groups in total. The van der Waals surface area contributed by atoms with E-state index in [2.05, 4.69) is 6.04 Å². The number of nitrogens with zero attached hydrogens (tertiary/aromatic N) is 2. The highest BCUT2D eigenvalue weighted by molar-refractivity contribution is 5.73. The van der Waals surface area contributed by atoms with Crippen LogP contribution in [0.25, 0.3) is 0 Å².